The maximum atomic E-state index is 11.8. The van der Waals surface area contributed by atoms with E-state index in [4.69, 9.17) is 33.2 Å². The van der Waals surface area contributed by atoms with Gasteiger partial charge < -0.3 is 38.3 Å². The number of hydrogen-bond acceptors (Lipinski definition) is 15. The van der Waals surface area contributed by atoms with Crippen molar-refractivity contribution < 1.29 is 71.8 Å². The van der Waals surface area contributed by atoms with E-state index in [0.717, 1.165) is 0 Å². The van der Waals surface area contributed by atoms with Gasteiger partial charge in [0.2, 0.25) is 0 Å². The zero-order valence-corrected chi connectivity index (χ0v) is 31.8. The van der Waals surface area contributed by atoms with Crippen LogP contribution in [-0.2, 0) is 66.7 Å². The highest BCUT2D eigenvalue weighted by molar-refractivity contribution is 5.89. The monoisotopic (exact) mass is 748 g/mol. The first-order chi connectivity index (χ1) is 24.4. The predicted molar refractivity (Wildman–Crippen MR) is 192 cm³/mol. The Morgan fingerprint density at radius 2 is 0.472 bits per heavy atom. The lowest BCUT2D eigenvalue weighted by molar-refractivity contribution is -0.166. The molecule has 0 spiro atoms. The molecule has 0 aromatic carbocycles. The van der Waals surface area contributed by atoms with Crippen molar-refractivity contribution >= 4 is 41.8 Å². The largest absolute Gasteiger partial charge is 0.461 e. The van der Waals surface area contributed by atoms with Crippen molar-refractivity contribution in [1.29, 1.82) is 0 Å². The lowest BCUT2D eigenvalue weighted by atomic mass is 9.92. The topological polar surface area (TPSA) is 204 Å². The van der Waals surface area contributed by atoms with Crippen molar-refractivity contribution in [2.45, 2.75) is 48.5 Å². The molecule has 0 aliphatic heterocycles. The molecular formula is C38H52O15. The highest BCUT2D eigenvalue weighted by atomic mass is 16.6. The van der Waals surface area contributed by atoms with E-state index in [1.165, 1.54) is 48.5 Å². The van der Waals surface area contributed by atoms with Crippen LogP contribution in [0.2, 0.25) is 0 Å². The number of aliphatic hydroxyl groups excluding tert-OH is 1. The maximum absolute atomic E-state index is 11.8. The van der Waals surface area contributed by atoms with Gasteiger partial charge in [0.05, 0.1) is 12.0 Å². The summed E-state index contributed by atoms with van der Waals surface area (Å²) in [6, 6.07) is 0. The molecule has 0 saturated heterocycles. The number of rotatable bonds is 22. The Morgan fingerprint density at radius 1 is 0.340 bits per heavy atom. The summed E-state index contributed by atoms with van der Waals surface area (Å²) in [5.74, 6) is -4.87. The summed E-state index contributed by atoms with van der Waals surface area (Å²) in [6.45, 7) is 31.4. The van der Waals surface area contributed by atoms with Crippen LogP contribution in [0.5, 0.6) is 0 Å². The van der Waals surface area contributed by atoms with Gasteiger partial charge in [-0.15, -0.1) is 0 Å². The molecule has 15 nitrogen and oxygen atoms in total. The van der Waals surface area contributed by atoms with E-state index in [9.17, 15) is 38.7 Å². The van der Waals surface area contributed by atoms with Crippen LogP contribution in [0.25, 0.3) is 0 Å². The third-order valence-corrected chi connectivity index (χ3v) is 6.34. The van der Waals surface area contributed by atoms with Crippen molar-refractivity contribution in [2.24, 2.45) is 10.8 Å². The molecule has 0 bridgehead atoms. The second-order valence-electron chi connectivity index (χ2n) is 12.7. The second-order valence-corrected chi connectivity index (χ2v) is 12.7. The van der Waals surface area contributed by atoms with Gasteiger partial charge in [-0.05, 0) is 48.5 Å². The van der Waals surface area contributed by atoms with Crippen LogP contribution in [-0.4, -0.2) is 99.7 Å². The SMILES string of the molecule is C=C(C)C(=O)OCC(CO)(COC(=O)C(=C)C)COC(=O)C(=C)C.C=C(C)C(=O)OCC(COC(=O)C(=C)C)(COC(=O)C(=C)C)COC(=O)C(=C)C. The molecule has 0 amide bonds. The Kier molecular flexibility index (Phi) is 22.3. The van der Waals surface area contributed by atoms with Crippen LogP contribution in [0.4, 0.5) is 0 Å². The minimum absolute atomic E-state index is 0.135. The third kappa shape index (κ3) is 20.2. The van der Waals surface area contributed by atoms with E-state index in [-0.39, 0.29) is 85.3 Å². The van der Waals surface area contributed by atoms with Gasteiger partial charge in [0, 0.05) is 39.0 Å². The van der Waals surface area contributed by atoms with Crippen LogP contribution in [0.15, 0.2) is 85.1 Å². The Balaban J connectivity index is 0. The third-order valence-electron chi connectivity index (χ3n) is 6.34. The van der Waals surface area contributed by atoms with Gasteiger partial charge in [-0.3, -0.25) is 0 Å². The summed E-state index contributed by atoms with van der Waals surface area (Å²) >= 11 is 0. The molecule has 0 radical (unpaired) electrons. The van der Waals surface area contributed by atoms with Gasteiger partial charge >= 0.3 is 41.8 Å². The molecule has 0 fully saturated rings. The molecule has 0 aromatic heterocycles. The van der Waals surface area contributed by atoms with Gasteiger partial charge in [-0.1, -0.05) is 46.1 Å². The molecule has 0 aromatic rings. The summed E-state index contributed by atoms with van der Waals surface area (Å²) in [7, 11) is 0. The normalized spacial score (nSPS) is 10.4. The zero-order chi connectivity index (χ0) is 41.7. The Hall–Kier alpha value is -5.57. The maximum Gasteiger partial charge on any atom is 0.333 e. The highest BCUT2D eigenvalue weighted by Crippen LogP contribution is 2.24. The Bertz CT molecular complexity index is 1290. The molecule has 15 heteroatoms. The average molecular weight is 749 g/mol. The molecular weight excluding hydrogens is 696 g/mol. The summed E-state index contributed by atoms with van der Waals surface area (Å²) in [5.41, 5.74) is -1.63. The molecule has 0 aliphatic carbocycles. The first-order valence-electron chi connectivity index (χ1n) is 15.7. The fourth-order valence-electron chi connectivity index (χ4n) is 2.90. The van der Waals surface area contributed by atoms with Crippen LogP contribution in [0.3, 0.4) is 0 Å². The molecule has 0 rings (SSSR count). The van der Waals surface area contributed by atoms with Crippen molar-refractivity contribution in [3.05, 3.63) is 85.1 Å². The number of carbonyl (C=O) groups excluding carboxylic acids is 7. The minimum Gasteiger partial charge on any atom is -0.461 e. The predicted octanol–water partition coefficient (Wildman–Crippen LogP) is 3.77. The van der Waals surface area contributed by atoms with E-state index in [1.54, 1.807) is 0 Å². The van der Waals surface area contributed by atoms with E-state index < -0.39 is 59.2 Å². The van der Waals surface area contributed by atoms with E-state index >= 15 is 0 Å². The molecule has 0 saturated carbocycles. The van der Waals surface area contributed by atoms with Gasteiger partial charge in [0.15, 0.2) is 0 Å². The fraction of sp³-hybridized carbons (Fsp3) is 0.447. The molecule has 1 N–H and O–H groups in total. The average Bonchev–Trinajstić information content (AvgIpc) is 3.09. The lowest BCUT2D eigenvalue weighted by Gasteiger charge is -2.31. The Labute approximate surface area is 310 Å². The molecule has 53 heavy (non-hydrogen) atoms. The molecule has 0 unspecified atom stereocenters. The summed E-state index contributed by atoms with van der Waals surface area (Å²) in [5, 5.41) is 9.69. The minimum atomic E-state index is -1.37. The van der Waals surface area contributed by atoms with Crippen molar-refractivity contribution in [2.75, 3.05) is 52.9 Å². The van der Waals surface area contributed by atoms with E-state index in [2.05, 4.69) is 46.1 Å². The van der Waals surface area contributed by atoms with Crippen LogP contribution in [0, 0.1) is 10.8 Å². The van der Waals surface area contributed by atoms with E-state index in [1.807, 2.05) is 0 Å². The Morgan fingerprint density at radius 3 is 0.585 bits per heavy atom. The van der Waals surface area contributed by atoms with Crippen molar-refractivity contribution in [3.8, 4) is 0 Å². The molecule has 294 valence electrons. The molecule has 0 heterocycles. The van der Waals surface area contributed by atoms with Crippen LogP contribution >= 0.6 is 0 Å². The molecule has 0 atom stereocenters. The fourth-order valence-corrected chi connectivity index (χ4v) is 2.90. The standard InChI is InChI=1S/C21H28O8.C17H24O7/c1-13(2)17(22)26-9-21(10-27-18(23)14(3)4,11-28-19(24)15(5)6)12-29-20(25)16(7)8;1-11(2)14(19)22-8-17(7-18,9-23-15(20)12(3)4)10-24-16(21)13(5)6/h1,3,5,7,9-12H2,2,4,6,8H3;18H,1,3,5,7-10H2,2,4,6H3. The number of esters is 7. The van der Waals surface area contributed by atoms with Crippen LogP contribution in [0.1, 0.15) is 48.5 Å². The van der Waals surface area contributed by atoms with Gasteiger partial charge in [0.25, 0.3) is 0 Å². The first kappa shape index (κ1) is 49.5. The first-order valence-corrected chi connectivity index (χ1v) is 15.7. The second kappa shape index (κ2) is 23.8. The van der Waals surface area contributed by atoms with Crippen molar-refractivity contribution in [3.63, 3.8) is 0 Å². The van der Waals surface area contributed by atoms with E-state index in [0.29, 0.717) is 0 Å². The number of aliphatic hydroxyl groups is 1. The van der Waals surface area contributed by atoms with Crippen molar-refractivity contribution in [1.82, 2.24) is 0 Å². The molecule has 0 aliphatic rings. The van der Waals surface area contributed by atoms with Crippen LogP contribution < -0.4 is 0 Å². The van der Waals surface area contributed by atoms with Gasteiger partial charge in [-0.2, -0.15) is 0 Å². The highest BCUT2D eigenvalue weighted by Gasteiger charge is 2.38. The lowest BCUT2D eigenvalue weighted by Crippen LogP contribution is -2.44. The quantitative estimate of drug-likeness (QED) is 0.0951. The summed E-state index contributed by atoms with van der Waals surface area (Å²) in [6.07, 6.45) is 0. The number of ether oxygens (including phenoxy) is 7. The smallest absolute Gasteiger partial charge is 0.333 e. The summed E-state index contributed by atoms with van der Waals surface area (Å²) in [4.78, 5) is 82.0. The summed E-state index contributed by atoms with van der Waals surface area (Å²) < 4.78 is 35.7. The number of hydrogen-bond donors (Lipinski definition) is 1. The zero-order valence-electron chi connectivity index (χ0n) is 31.8. The number of carbonyl (C=O) groups is 7. The van der Waals surface area contributed by atoms with Gasteiger partial charge in [0.1, 0.15) is 51.7 Å². The van der Waals surface area contributed by atoms with Gasteiger partial charge in [-0.25, -0.2) is 33.6 Å².